The van der Waals surface area contributed by atoms with E-state index in [0.29, 0.717) is 30.9 Å². The van der Waals surface area contributed by atoms with Crippen LogP contribution in [0.2, 0.25) is 0 Å². The maximum absolute atomic E-state index is 13.3. The maximum Gasteiger partial charge on any atom is 0.277 e. The minimum Gasteiger partial charge on any atom is -0.366 e. The van der Waals surface area contributed by atoms with Crippen molar-refractivity contribution in [3.05, 3.63) is 71.2 Å². The lowest BCUT2D eigenvalue weighted by atomic mass is 10.0. The summed E-state index contributed by atoms with van der Waals surface area (Å²) in [6, 6.07) is 11.8. The molecule has 5 heteroatoms. The normalized spacial score (nSPS) is 14.3. The standard InChI is InChI=1S/C24H29N3O2/c1-5-26(15-12-19-10-13-25-14-11-19)22-21(20-8-6-18(4)7-9-20)23(28)27(24(22)29)16-17(2)3/h6-11,13-14,17H,5,12,15-16H2,1-4H3. The van der Waals surface area contributed by atoms with Crippen molar-refractivity contribution < 1.29 is 9.59 Å². The van der Waals surface area contributed by atoms with Crippen molar-refractivity contribution in [3.8, 4) is 0 Å². The molecule has 1 aliphatic rings. The number of nitrogens with zero attached hydrogens (tertiary/aromatic N) is 3. The topological polar surface area (TPSA) is 53.5 Å². The van der Waals surface area contributed by atoms with Crippen LogP contribution in [-0.2, 0) is 16.0 Å². The lowest BCUT2D eigenvalue weighted by Gasteiger charge is -2.25. The van der Waals surface area contributed by atoms with Gasteiger partial charge in [0.1, 0.15) is 5.70 Å². The summed E-state index contributed by atoms with van der Waals surface area (Å²) in [5.41, 5.74) is 4.13. The van der Waals surface area contributed by atoms with E-state index >= 15 is 0 Å². The van der Waals surface area contributed by atoms with Crippen LogP contribution in [0.25, 0.3) is 5.57 Å². The molecule has 1 aliphatic heterocycles. The summed E-state index contributed by atoms with van der Waals surface area (Å²) in [5, 5.41) is 0. The zero-order valence-electron chi connectivity index (χ0n) is 17.7. The Balaban J connectivity index is 1.98. The van der Waals surface area contributed by atoms with Crippen LogP contribution < -0.4 is 0 Å². The van der Waals surface area contributed by atoms with Crippen LogP contribution in [0.5, 0.6) is 0 Å². The molecule has 2 aromatic rings. The summed E-state index contributed by atoms with van der Waals surface area (Å²) in [5.74, 6) is -0.158. The summed E-state index contributed by atoms with van der Waals surface area (Å²) >= 11 is 0. The van der Waals surface area contributed by atoms with Crippen LogP contribution in [0.1, 0.15) is 37.5 Å². The number of likely N-dealkylation sites (N-methyl/N-ethyl adjacent to an activating group) is 1. The average Bonchev–Trinajstić information content (AvgIpc) is 2.95. The van der Waals surface area contributed by atoms with Crippen molar-refractivity contribution >= 4 is 17.4 Å². The number of carbonyl (C=O) groups is 2. The molecule has 0 bridgehead atoms. The molecule has 0 spiro atoms. The number of hydrogen-bond acceptors (Lipinski definition) is 4. The van der Waals surface area contributed by atoms with Crippen molar-refractivity contribution in [2.24, 2.45) is 5.92 Å². The SMILES string of the molecule is CCN(CCc1ccncc1)C1=C(c2ccc(C)cc2)C(=O)N(CC(C)C)C1=O. The molecule has 5 nitrogen and oxygen atoms in total. The molecule has 0 atom stereocenters. The Kier molecular flexibility index (Phi) is 6.47. The Bertz CT molecular complexity index is 901. The average molecular weight is 392 g/mol. The lowest BCUT2D eigenvalue weighted by Crippen LogP contribution is -2.38. The van der Waals surface area contributed by atoms with E-state index in [0.717, 1.165) is 23.1 Å². The molecule has 1 aromatic carbocycles. The first-order chi connectivity index (χ1) is 13.9. The van der Waals surface area contributed by atoms with Crippen molar-refractivity contribution in [1.29, 1.82) is 0 Å². The Labute approximate surface area is 173 Å². The predicted octanol–water partition coefficient (Wildman–Crippen LogP) is 3.69. The molecule has 0 fully saturated rings. The van der Waals surface area contributed by atoms with Gasteiger partial charge in [-0.2, -0.15) is 0 Å². The predicted molar refractivity (Wildman–Crippen MR) is 115 cm³/mol. The van der Waals surface area contributed by atoms with Crippen LogP contribution in [0.4, 0.5) is 0 Å². The molecule has 1 aromatic heterocycles. The van der Waals surface area contributed by atoms with E-state index in [9.17, 15) is 9.59 Å². The largest absolute Gasteiger partial charge is 0.366 e. The highest BCUT2D eigenvalue weighted by molar-refractivity contribution is 6.35. The fourth-order valence-corrected chi connectivity index (χ4v) is 3.61. The number of imide groups is 1. The first kappa shape index (κ1) is 20.8. The second-order valence-electron chi connectivity index (χ2n) is 7.89. The monoisotopic (exact) mass is 391 g/mol. The summed E-state index contributed by atoms with van der Waals surface area (Å²) in [6.07, 6.45) is 4.33. The van der Waals surface area contributed by atoms with E-state index in [1.54, 1.807) is 12.4 Å². The van der Waals surface area contributed by atoms with Gasteiger partial charge >= 0.3 is 0 Å². The highest BCUT2D eigenvalue weighted by Gasteiger charge is 2.41. The highest BCUT2D eigenvalue weighted by Crippen LogP contribution is 2.32. The summed E-state index contributed by atoms with van der Waals surface area (Å²) in [6.45, 7) is 9.83. The van der Waals surface area contributed by atoms with Crippen molar-refractivity contribution in [2.75, 3.05) is 19.6 Å². The summed E-state index contributed by atoms with van der Waals surface area (Å²) in [4.78, 5) is 34.1. The second kappa shape index (κ2) is 9.03. The summed E-state index contributed by atoms with van der Waals surface area (Å²) < 4.78 is 0. The van der Waals surface area contributed by atoms with Gasteiger partial charge in [0.15, 0.2) is 0 Å². The van der Waals surface area contributed by atoms with Crippen LogP contribution >= 0.6 is 0 Å². The third-order valence-corrected chi connectivity index (χ3v) is 5.15. The smallest absolute Gasteiger partial charge is 0.277 e. The number of amides is 2. The number of pyridine rings is 1. The van der Waals surface area contributed by atoms with Crippen molar-refractivity contribution in [3.63, 3.8) is 0 Å². The van der Waals surface area contributed by atoms with E-state index in [2.05, 4.69) is 4.98 Å². The number of benzene rings is 1. The van der Waals surface area contributed by atoms with Crippen molar-refractivity contribution in [2.45, 2.75) is 34.1 Å². The molecule has 0 radical (unpaired) electrons. The molecule has 0 saturated heterocycles. The van der Waals surface area contributed by atoms with E-state index in [4.69, 9.17) is 0 Å². The first-order valence-corrected chi connectivity index (χ1v) is 10.2. The van der Waals surface area contributed by atoms with E-state index in [1.165, 1.54) is 4.90 Å². The lowest BCUT2D eigenvalue weighted by molar-refractivity contribution is -0.138. The Morgan fingerprint density at radius 1 is 1.00 bits per heavy atom. The number of aryl methyl sites for hydroxylation is 1. The van der Waals surface area contributed by atoms with Gasteiger partial charge in [-0.05, 0) is 49.4 Å². The minimum atomic E-state index is -0.190. The Morgan fingerprint density at radius 2 is 1.66 bits per heavy atom. The van der Waals surface area contributed by atoms with Crippen LogP contribution in [0.15, 0.2) is 54.5 Å². The number of hydrogen-bond donors (Lipinski definition) is 0. The zero-order chi connectivity index (χ0) is 21.0. The quantitative estimate of drug-likeness (QED) is 0.644. The van der Waals surface area contributed by atoms with E-state index in [1.807, 2.05) is 69.0 Å². The number of carbonyl (C=O) groups excluding carboxylic acids is 2. The van der Waals surface area contributed by atoms with Crippen LogP contribution in [0, 0.1) is 12.8 Å². The van der Waals surface area contributed by atoms with Gasteiger partial charge in [0.25, 0.3) is 11.8 Å². The van der Waals surface area contributed by atoms with Gasteiger partial charge in [-0.1, -0.05) is 43.7 Å². The molecule has 0 aliphatic carbocycles. The molecule has 0 N–H and O–H groups in total. The van der Waals surface area contributed by atoms with E-state index < -0.39 is 0 Å². The number of aromatic nitrogens is 1. The molecule has 3 rings (SSSR count). The van der Waals surface area contributed by atoms with Crippen LogP contribution in [-0.4, -0.2) is 46.2 Å². The molecule has 0 unspecified atom stereocenters. The zero-order valence-corrected chi connectivity index (χ0v) is 17.7. The van der Waals surface area contributed by atoms with Gasteiger partial charge in [0, 0.05) is 32.0 Å². The number of rotatable bonds is 8. The summed E-state index contributed by atoms with van der Waals surface area (Å²) in [7, 11) is 0. The minimum absolute atomic E-state index is 0.184. The molecular formula is C24H29N3O2. The van der Waals surface area contributed by atoms with Gasteiger partial charge in [0.2, 0.25) is 0 Å². The maximum atomic E-state index is 13.3. The Morgan fingerprint density at radius 3 is 2.24 bits per heavy atom. The molecular weight excluding hydrogens is 362 g/mol. The Hall–Kier alpha value is -2.95. The second-order valence-corrected chi connectivity index (χ2v) is 7.89. The van der Waals surface area contributed by atoms with Crippen molar-refractivity contribution in [1.82, 2.24) is 14.8 Å². The molecule has 0 saturated carbocycles. The van der Waals surface area contributed by atoms with Gasteiger partial charge in [-0.3, -0.25) is 19.5 Å². The molecule has 2 amide bonds. The van der Waals surface area contributed by atoms with E-state index in [-0.39, 0.29) is 17.7 Å². The first-order valence-electron chi connectivity index (χ1n) is 10.2. The van der Waals surface area contributed by atoms with Gasteiger partial charge in [-0.15, -0.1) is 0 Å². The third kappa shape index (κ3) is 4.56. The van der Waals surface area contributed by atoms with Gasteiger partial charge < -0.3 is 4.90 Å². The highest BCUT2D eigenvalue weighted by atomic mass is 16.2. The van der Waals surface area contributed by atoms with Crippen LogP contribution in [0.3, 0.4) is 0 Å². The van der Waals surface area contributed by atoms with Gasteiger partial charge in [0.05, 0.1) is 5.57 Å². The molecule has 2 heterocycles. The fraction of sp³-hybridized carbons (Fsp3) is 0.375. The molecule has 29 heavy (non-hydrogen) atoms. The van der Waals surface area contributed by atoms with Gasteiger partial charge in [-0.25, -0.2) is 0 Å². The third-order valence-electron chi connectivity index (χ3n) is 5.15. The fourth-order valence-electron chi connectivity index (χ4n) is 3.61. The molecule has 152 valence electrons.